The normalized spacial score (nSPS) is 16.5. The van der Waals surface area contributed by atoms with E-state index in [4.69, 9.17) is 4.74 Å². The van der Waals surface area contributed by atoms with Crippen LogP contribution in [0.5, 0.6) is 0 Å². The summed E-state index contributed by atoms with van der Waals surface area (Å²) in [5, 5.41) is 10.2. The minimum Gasteiger partial charge on any atom is -0.464 e. The smallest absolute Gasteiger partial charge is 0.339 e. The van der Waals surface area contributed by atoms with Gasteiger partial charge in [0.1, 0.15) is 0 Å². The Hall–Kier alpha value is -1.07. The Labute approximate surface area is 121 Å². The highest BCUT2D eigenvalue weighted by molar-refractivity contribution is 9.10. The van der Waals surface area contributed by atoms with E-state index in [1.165, 1.54) is 0 Å². The van der Waals surface area contributed by atoms with Crippen molar-refractivity contribution in [2.24, 2.45) is 0 Å². The minimum atomic E-state index is -1.24. The average Bonchev–Trinajstić information content (AvgIpc) is 2.91. The number of hydrogen-bond acceptors (Lipinski definition) is 4. The lowest BCUT2D eigenvalue weighted by atomic mass is 10.1. The summed E-state index contributed by atoms with van der Waals surface area (Å²) in [7, 11) is 0. The van der Waals surface area contributed by atoms with Crippen LogP contribution in [0.25, 0.3) is 0 Å². The zero-order valence-electron chi connectivity index (χ0n) is 10.9. The predicted molar refractivity (Wildman–Crippen MR) is 77.2 cm³/mol. The van der Waals surface area contributed by atoms with Crippen LogP contribution in [0.15, 0.2) is 22.7 Å². The third-order valence-corrected chi connectivity index (χ3v) is 3.95. The van der Waals surface area contributed by atoms with Crippen LogP contribution in [0, 0.1) is 0 Å². The van der Waals surface area contributed by atoms with Gasteiger partial charge >= 0.3 is 5.97 Å². The van der Waals surface area contributed by atoms with Crippen LogP contribution in [0.2, 0.25) is 0 Å². The fourth-order valence-electron chi connectivity index (χ4n) is 2.37. The number of rotatable bonds is 4. The maximum atomic E-state index is 11.8. The van der Waals surface area contributed by atoms with Gasteiger partial charge in [-0.25, -0.2) is 4.79 Å². The highest BCUT2D eigenvalue weighted by Gasteiger charge is 2.27. The van der Waals surface area contributed by atoms with Crippen LogP contribution in [0.3, 0.4) is 0 Å². The number of esters is 1. The van der Waals surface area contributed by atoms with Crippen LogP contribution in [-0.2, 0) is 9.53 Å². The molecule has 5 heteroatoms. The zero-order chi connectivity index (χ0) is 13.8. The van der Waals surface area contributed by atoms with Crippen LogP contribution >= 0.6 is 15.9 Å². The van der Waals surface area contributed by atoms with E-state index >= 15 is 0 Å². The van der Waals surface area contributed by atoms with Crippen molar-refractivity contribution in [3.8, 4) is 0 Å². The number of anilines is 1. The molecule has 104 valence electrons. The van der Waals surface area contributed by atoms with E-state index in [9.17, 15) is 9.90 Å². The van der Waals surface area contributed by atoms with Crippen molar-refractivity contribution in [1.29, 1.82) is 0 Å². The van der Waals surface area contributed by atoms with Crippen molar-refractivity contribution < 1.29 is 14.6 Å². The van der Waals surface area contributed by atoms with E-state index in [0.29, 0.717) is 5.56 Å². The lowest BCUT2D eigenvalue weighted by Crippen LogP contribution is -2.23. The largest absolute Gasteiger partial charge is 0.464 e. The third-order valence-electron chi connectivity index (χ3n) is 3.26. The second-order valence-electron chi connectivity index (χ2n) is 4.52. The number of benzene rings is 1. The molecule has 4 nitrogen and oxygen atoms in total. The molecule has 1 aromatic rings. The molecule has 0 radical (unpaired) electrons. The molecular weight excluding hydrogens is 310 g/mol. The van der Waals surface area contributed by atoms with Gasteiger partial charge in [-0.15, -0.1) is 0 Å². The molecule has 1 atom stereocenters. The van der Waals surface area contributed by atoms with Crippen LogP contribution in [-0.4, -0.2) is 30.8 Å². The number of aliphatic hydroxyl groups excluding tert-OH is 1. The molecule has 1 unspecified atom stereocenters. The molecule has 1 aromatic carbocycles. The van der Waals surface area contributed by atoms with Gasteiger partial charge in [-0.1, -0.05) is 22.0 Å². The summed E-state index contributed by atoms with van der Waals surface area (Å²) in [6.45, 7) is 3.91. The number of nitrogens with zero attached hydrogens (tertiary/aromatic N) is 1. The van der Waals surface area contributed by atoms with E-state index in [-0.39, 0.29) is 6.61 Å². The van der Waals surface area contributed by atoms with E-state index in [0.717, 1.165) is 36.1 Å². The molecule has 1 fully saturated rings. The van der Waals surface area contributed by atoms with Crippen molar-refractivity contribution in [3.05, 3.63) is 28.2 Å². The molecule has 0 spiro atoms. The molecule has 2 rings (SSSR count). The number of carbonyl (C=O) groups is 1. The molecular formula is C14H18BrNO3. The summed E-state index contributed by atoms with van der Waals surface area (Å²) in [5.41, 5.74) is 1.51. The third kappa shape index (κ3) is 3.09. The Balaban J connectivity index is 2.34. The van der Waals surface area contributed by atoms with Gasteiger partial charge in [0.2, 0.25) is 0 Å². The van der Waals surface area contributed by atoms with Crippen molar-refractivity contribution in [2.45, 2.75) is 25.9 Å². The van der Waals surface area contributed by atoms with Gasteiger partial charge < -0.3 is 14.7 Å². The number of ether oxygens (including phenoxy) is 1. The lowest BCUT2D eigenvalue weighted by Gasteiger charge is -2.24. The lowest BCUT2D eigenvalue weighted by molar-refractivity contribution is -0.153. The highest BCUT2D eigenvalue weighted by Crippen LogP contribution is 2.35. The number of carbonyl (C=O) groups excluding carboxylic acids is 1. The van der Waals surface area contributed by atoms with Gasteiger partial charge in [-0.3, -0.25) is 0 Å². The maximum absolute atomic E-state index is 11.8. The molecule has 0 saturated carbocycles. The van der Waals surface area contributed by atoms with Crippen LogP contribution < -0.4 is 4.90 Å². The van der Waals surface area contributed by atoms with E-state index in [1.807, 2.05) is 18.2 Å². The molecule has 19 heavy (non-hydrogen) atoms. The molecule has 0 aliphatic carbocycles. The van der Waals surface area contributed by atoms with E-state index in [2.05, 4.69) is 20.8 Å². The Bertz CT molecular complexity index is 458. The topological polar surface area (TPSA) is 49.8 Å². The first-order valence-corrected chi connectivity index (χ1v) is 7.32. The number of aliphatic hydroxyl groups is 1. The van der Waals surface area contributed by atoms with Gasteiger partial charge in [0.25, 0.3) is 0 Å². The summed E-state index contributed by atoms with van der Waals surface area (Å²) < 4.78 is 5.64. The highest BCUT2D eigenvalue weighted by atomic mass is 79.9. The molecule has 1 aliphatic rings. The fraction of sp³-hybridized carbons (Fsp3) is 0.500. The van der Waals surface area contributed by atoms with Crippen molar-refractivity contribution in [2.75, 3.05) is 24.6 Å². The van der Waals surface area contributed by atoms with Gasteiger partial charge in [0, 0.05) is 28.8 Å². The minimum absolute atomic E-state index is 0.263. The molecule has 0 bridgehead atoms. The standard InChI is InChI=1S/C14H18BrNO3/c1-2-19-14(18)13(17)12-10(15)6-5-7-11(12)16-8-3-4-9-16/h5-7,13,17H,2-4,8-9H2,1H3. The quantitative estimate of drug-likeness (QED) is 0.864. The predicted octanol–water partition coefficient (Wildman–Crippen LogP) is 2.65. The van der Waals surface area contributed by atoms with Gasteiger partial charge in [0.15, 0.2) is 6.10 Å². The zero-order valence-corrected chi connectivity index (χ0v) is 12.5. The van der Waals surface area contributed by atoms with E-state index < -0.39 is 12.1 Å². The van der Waals surface area contributed by atoms with Crippen molar-refractivity contribution in [3.63, 3.8) is 0 Å². The molecule has 0 aromatic heterocycles. The fourth-order valence-corrected chi connectivity index (χ4v) is 2.94. The summed E-state index contributed by atoms with van der Waals surface area (Å²) >= 11 is 3.42. The van der Waals surface area contributed by atoms with Crippen LogP contribution in [0.1, 0.15) is 31.4 Å². The summed E-state index contributed by atoms with van der Waals surface area (Å²) in [5.74, 6) is -0.602. The maximum Gasteiger partial charge on any atom is 0.339 e. The first-order chi connectivity index (χ1) is 9.15. The second kappa shape index (κ2) is 6.39. The van der Waals surface area contributed by atoms with Crippen LogP contribution in [0.4, 0.5) is 5.69 Å². The molecule has 1 N–H and O–H groups in total. The van der Waals surface area contributed by atoms with E-state index in [1.54, 1.807) is 6.92 Å². The Morgan fingerprint density at radius 3 is 2.79 bits per heavy atom. The monoisotopic (exact) mass is 327 g/mol. The van der Waals surface area contributed by atoms with Crippen molar-refractivity contribution >= 4 is 27.6 Å². The SMILES string of the molecule is CCOC(=O)C(O)c1c(Br)cccc1N1CCCC1. The first kappa shape index (κ1) is 14.3. The molecule has 1 heterocycles. The molecule has 0 amide bonds. The Morgan fingerprint density at radius 2 is 2.16 bits per heavy atom. The van der Waals surface area contributed by atoms with Gasteiger partial charge in [-0.2, -0.15) is 0 Å². The molecule has 1 aliphatic heterocycles. The van der Waals surface area contributed by atoms with Gasteiger partial charge in [-0.05, 0) is 31.9 Å². The Kier molecular flexibility index (Phi) is 4.82. The first-order valence-electron chi connectivity index (χ1n) is 6.53. The van der Waals surface area contributed by atoms with Crippen molar-refractivity contribution in [1.82, 2.24) is 0 Å². The molecule has 1 saturated heterocycles. The number of hydrogen-bond donors (Lipinski definition) is 1. The Morgan fingerprint density at radius 1 is 1.47 bits per heavy atom. The van der Waals surface area contributed by atoms with Gasteiger partial charge in [0.05, 0.1) is 6.61 Å². The summed E-state index contributed by atoms with van der Waals surface area (Å²) in [6.07, 6.45) is 1.04. The average molecular weight is 328 g/mol. The second-order valence-corrected chi connectivity index (χ2v) is 5.38. The summed E-state index contributed by atoms with van der Waals surface area (Å²) in [4.78, 5) is 13.9. The summed E-state index contributed by atoms with van der Waals surface area (Å²) in [6, 6.07) is 5.68. The number of halogens is 1.